The third kappa shape index (κ3) is 2.89. The van der Waals surface area contributed by atoms with Gasteiger partial charge in [-0.25, -0.2) is 8.42 Å². The normalized spacial score (nSPS) is 16.4. The summed E-state index contributed by atoms with van der Waals surface area (Å²) in [6.45, 7) is 1.45. The zero-order chi connectivity index (χ0) is 14.9. The number of hydrogen-bond acceptors (Lipinski definition) is 4. The maximum absolute atomic E-state index is 12.7. The molecule has 1 aromatic heterocycles. The first-order valence-electron chi connectivity index (χ1n) is 6.95. The summed E-state index contributed by atoms with van der Waals surface area (Å²) in [6.07, 6.45) is 1.54. The van der Waals surface area contributed by atoms with E-state index in [4.69, 9.17) is 5.73 Å². The summed E-state index contributed by atoms with van der Waals surface area (Å²) in [5, 5.41) is 1.82. The molecular weight excluding hydrogens is 304 g/mol. The SMILES string of the molecule is NCc1csc(S(=O)(=O)N2CCc3ccccc3CC2)c1. The van der Waals surface area contributed by atoms with Crippen molar-refractivity contribution in [1.29, 1.82) is 0 Å². The lowest BCUT2D eigenvalue weighted by atomic mass is 10.0. The van der Waals surface area contributed by atoms with Crippen LogP contribution in [0.25, 0.3) is 0 Å². The number of sulfonamides is 1. The second-order valence-electron chi connectivity index (χ2n) is 5.15. The van der Waals surface area contributed by atoms with E-state index in [9.17, 15) is 8.42 Å². The first-order valence-corrected chi connectivity index (χ1v) is 9.27. The van der Waals surface area contributed by atoms with Gasteiger partial charge in [0, 0.05) is 19.6 Å². The topological polar surface area (TPSA) is 63.4 Å². The molecule has 0 atom stereocenters. The van der Waals surface area contributed by atoms with Crippen molar-refractivity contribution in [3.8, 4) is 0 Å². The van der Waals surface area contributed by atoms with E-state index < -0.39 is 10.0 Å². The van der Waals surface area contributed by atoms with Gasteiger partial charge < -0.3 is 5.73 Å². The van der Waals surface area contributed by atoms with E-state index in [2.05, 4.69) is 12.1 Å². The summed E-state index contributed by atoms with van der Waals surface area (Å²) in [5.74, 6) is 0. The molecule has 0 saturated heterocycles. The third-order valence-electron chi connectivity index (χ3n) is 3.84. The Morgan fingerprint density at radius 3 is 2.29 bits per heavy atom. The Balaban J connectivity index is 1.84. The van der Waals surface area contributed by atoms with E-state index in [1.165, 1.54) is 22.5 Å². The average Bonchev–Trinajstić information content (AvgIpc) is 2.87. The molecule has 0 amide bonds. The van der Waals surface area contributed by atoms with Crippen LogP contribution in [0.1, 0.15) is 16.7 Å². The van der Waals surface area contributed by atoms with Crippen LogP contribution in [0, 0.1) is 0 Å². The number of nitrogens with zero attached hydrogens (tertiary/aromatic N) is 1. The second kappa shape index (κ2) is 5.88. The van der Waals surface area contributed by atoms with E-state index >= 15 is 0 Å². The van der Waals surface area contributed by atoms with E-state index in [0.717, 1.165) is 18.4 Å². The van der Waals surface area contributed by atoms with Gasteiger partial charge in [0.2, 0.25) is 0 Å². The molecule has 1 aromatic carbocycles. The van der Waals surface area contributed by atoms with Crippen LogP contribution >= 0.6 is 11.3 Å². The van der Waals surface area contributed by atoms with Crippen LogP contribution in [0.4, 0.5) is 0 Å². The fourth-order valence-electron chi connectivity index (χ4n) is 2.61. The smallest absolute Gasteiger partial charge is 0.252 e. The van der Waals surface area contributed by atoms with Crippen molar-refractivity contribution in [2.45, 2.75) is 23.6 Å². The zero-order valence-corrected chi connectivity index (χ0v) is 13.3. The highest BCUT2D eigenvalue weighted by atomic mass is 32.2. The van der Waals surface area contributed by atoms with Crippen molar-refractivity contribution in [1.82, 2.24) is 4.31 Å². The molecule has 3 rings (SSSR count). The number of thiophene rings is 1. The number of benzene rings is 1. The maximum Gasteiger partial charge on any atom is 0.252 e. The number of hydrogen-bond donors (Lipinski definition) is 1. The Morgan fingerprint density at radius 1 is 1.14 bits per heavy atom. The Hall–Kier alpha value is -1.21. The first kappa shape index (κ1) is 14.7. The zero-order valence-electron chi connectivity index (χ0n) is 11.7. The number of rotatable bonds is 3. The predicted octanol–water partition coefficient (Wildman–Crippen LogP) is 2.00. The van der Waals surface area contributed by atoms with E-state index in [0.29, 0.717) is 23.8 Å². The van der Waals surface area contributed by atoms with E-state index in [1.54, 1.807) is 10.4 Å². The molecule has 0 aliphatic carbocycles. The van der Waals surface area contributed by atoms with Gasteiger partial charge in [0.25, 0.3) is 10.0 Å². The number of fused-ring (bicyclic) bond motifs is 1. The lowest BCUT2D eigenvalue weighted by Gasteiger charge is -2.18. The van der Waals surface area contributed by atoms with Gasteiger partial charge in [0.1, 0.15) is 4.21 Å². The molecule has 4 nitrogen and oxygen atoms in total. The molecule has 0 bridgehead atoms. The van der Waals surface area contributed by atoms with Crippen molar-refractivity contribution in [2.75, 3.05) is 13.1 Å². The lowest BCUT2D eigenvalue weighted by Crippen LogP contribution is -2.32. The van der Waals surface area contributed by atoms with Gasteiger partial charge in [-0.15, -0.1) is 11.3 Å². The van der Waals surface area contributed by atoms with Crippen molar-refractivity contribution in [2.24, 2.45) is 5.73 Å². The Kier molecular flexibility index (Phi) is 4.12. The lowest BCUT2D eigenvalue weighted by molar-refractivity contribution is 0.428. The first-order chi connectivity index (χ1) is 10.1. The van der Waals surface area contributed by atoms with Crippen molar-refractivity contribution < 1.29 is 8.42 Å². The predicted molar refractivity (Wildman–Crippen MR) is 84.8 cm³/mol. The molecule has 1 aliphatic rings. The minimum absolute atomic E-state index is 0.372. The van der Waals surface area contributed by atoms with Gasteiger partial charge in [-0.1, -0.05) is 24.3 Å². The molecule has 2 N–H and O–H groups in total. The van der Waals surface area contributed by atoms with Crippen molar-refractivity contribution in [3.05, 3.63) is 52.4 Å². The molecule has 0 saturated carbocycles. The molecule has 0 unspecified atom stereocenters. The highest BCUT2D eigenvalue weighted by molar-refractivity contribution is 7.91. The molecule has 112 valence electrons. The molecule has 1 aliphatic heterocycles. The van der Waals surface area contributed by atoms with Crippen LogP contribution in [0.2, 0.25) is 0 Å². The highest BCUT2D eigenvalue weighted by Crippen LogP contribution is 2.26. The van der Waals surface area contributed by atoms with Gasteiger partial charge in [0.15, 0.2) is 0 Å². The molecule has 2 aromatic rings. The Labute approximate surface area is 129 Å². The highest BCUT2D eigenvalue weighted by Gasteiger charge is 2.27. The summed E-state index contributed by atoms with van der Waals surface area (Å²) >= 11 is 1.26. The molecule has 6 heteroatoms. The van der Waals surface area contributed by atoms with Crippen LogP contribution in [0.15, 0.2) is 39.9 Å². The van der Waals surface area contributed by atoms with Crippen molar-refractivity contribution in [3.63, 3.8) is 0 Å². The fraction of sp³-hybridized carbons (Fsp3) is 0.333. The summed E-state index contributed by atoms with van der Waals surface area (Å²) in [4.78, 5) is 0. The molecule has 21 heavy (non-hydrogen) atoms. The summed E-state index contributed by atoms with van der Waals surface area (Å²) in [5.41, 5.74) is 8.95. The fourth-order valence-corrected chi connectivity index (χ4v) is 5.43. The minimum Gasteiger partial charge on any atom is -0.326 e. The molecule has 0 fully saturated rings. The summed E-state index contributed by atoms with van der Waals surface area (Å²) < 4.78 is 27.4. The van der Waals surface area contributed by atoms with Crippen molar-refractivity contribution >= 4 is 21.4 Å². The maximum atomic E-state index is 12.7. The Bertz CT molecular complexity index is 711. The molecular formula is C15H18N2O2S2. The summed E-state index contributed by atoms with van der Waals surface area (Å²) in [7, 11) is -3.40. The van der Waals surface area contributed by atoms with Crippen LogP contribution in [0.5, 0.6) is 0 Å². The standard InChI is InChI=1S/C15H18N2O2S2/c16-10-12-9-15(20-11-12)21(18,19)17-7-5-13-3-1-2-4-14(13)6-8-17/h1-4,9,11H,5-8,10,16H2. The quantitative estimate of drug-likeness (QED) is 0.940. The van der Waals surface area contributed by atoms with Crippen LogP contribution in [-0.4, -0.2) is 25.8 Å². The molecule has 0 spiro atoms. The monoisotopic (exact) mass is 322 g/mol. The van der Waals surface area contributed by atoms with Crippen LogP contribution in [-0.2, 0) is 29.4 Å². The van der Waals surface area contributed by atoms with Gasteiger partial charge in [-0.05, 0) is 41.0 Å². The molecule has 0 radical (unpaired) electrons. The molecule has 2 heterocycles. The average molecular weight is 322 g/mol. The van der Waals surface area contributed by atoms with Crippen LogP contribution < -0.4 is 5.73 Å². The van der Waals surface area contributed by atoms with Gasteiger partial charge >= 0.3 is 0 Å². The van der Waals surface area contributed by atoms with Gasteiger partial charge in [0.05, 0.1) is 0 Å². The Morgan fingerprint density at radius 2 is 1.76 bits per heavy atom. The van der Waals surface area contributed by atoms with Crippen LogP contribution in [0.3, 0.4) is 0 Å². The second-order valence-corrected chi connectivity index (χ2v) is 8.23. The van der Waals surface area contributed by atoms with Gasteiger partial charge in [-0.3, -0.25) is 0 Å². The van der Waals surface area contributed by atoms with E-state index in [-0.39, 0.29) is 0 Å². The summed E-state index contributed by atoms with van der Waals surface area (Å²) in [6, 6.07) is 9.88. The largest absolute Gasteiger partial charge is 0.326 e. The van der Waals surface area contributed by atoms with E-state index in [1.807, 2.05) is 17.5 Å². The number of nitrogens with two attached hydrogens (primary N) is 1. The minimum atomic E-state index is -3.40. The van der Waals surface area contributed by atoms with Gasteiger partial charge in [-0.2, -0.15) is 4.31 Å². The third-order valence-corrected chi connectivity index (χ3v) is 7.20.